The number of fused-ring (bicyclic) bond motifs is 1. The first kappa shape index (κ1) is 21.0. The molecule has 1 aromatic heterocycles. The van der Waals surface area contributed by atoms with Crippen LogP contribution in [0.4, 0.5) is 5.69 Å². The summed E-state index contributed by atoms with van der Waals surface area (Å²) in [6.07, 6.45) is 0. The van der Waals surface area contributed by atoms with E-state index in [0.717, 1.165) is 54.3 Å². The average Bonchev–Trinajstić information content (AvgIpc) is 3.07. The zero-order valence-electron chi connectivity index (χ0n) is 17.2. The maximum absolute atomic E-state index is 12.8. The van der Waals surface area contributed by atoms with Crippen molar-refractivity contribution in [2.45, 2.75) is 24.9 Å². The van der Waals surface area contributed by atoms with E-state index >= 15 is 0 Å². The molecule has 9 heteroatoms. The van der Waals surface area contributed by atoms with Gasteiger partial charge in [-0.05, 0) is 49.9 Å². The molecule has 1 saturated heterocycles. The molecule has 1 fully saturated rings. The largest absolute Gasteiger partial charge is 0.369 e. The molecule has 2 aromatic carbocycles. The van der Waals surface area contributed by atoms with E-state index in [1.807, 2.05) is 31.2 Å². The van der Waals surface area contributed by atoms with Crippen LogP contribution in [0.3, 0.4) is 0 Å². The normalized spacial score (nSPS) is 15.7. The van der Waals surface area contributed by atoms with Crippen molar-refractivity contribution >= 4 is 37.3 Å². The van der Waals surface area contributed by atoms with Crippen LogP contribution < -0.4 is 14.5 Å². The average molecular weight is 447 g/mol. The third-order valence-corrected chi connectivity index (χ3v) is 7.88. The molecule has 0 aliphatic carbocycles. The Hall–Kier alpha value is -2.20. The quantitative estimate of drug-likeness (QED) is 0.629. The van der Waals surface area contributed by atoms with Crippen LogP contribution in [0, 0.1) is 0 Å². The fraction of sp³-hybridized carbons (Fsp3) is 0.381. The van der Waals surface area contributed by atoms with Gasteiger partial charge in [0, 0.05) is 45.0 Å². The number of thiazole rings is 1. The lowest BCUT2D eigenvalue weighted by atomic mass is 10.2. The van der Waals surface area contributed by atoms with Crippen molar-refractivity contribution in [3.05, 3.63) is 57.7 Å². The molecule has 4 rings (SSSR count). The highest BCUT2D eigenvalue weighted by molar-refractivity contribution is 7.89. The number of nitrogens with one attached hydrogen (secondary N) is 1. The summed E-state index contributed by atoms with van der Waals surface area (Å²) in [5.74, 6) is 0. The fourth-order valence-corrected chi connectivity index (χ4v) is 5.78. The van der Waals surface area contributed by atoms with Gasteiger partial charge in [-0.1, -0.05) is 23.5 Å². The first-order valence-corrected chi connectivity index (χ1v) is 12.3. The Morgan fingerprint density at radius 2 is 1.73 bits per heavy atom. The maximum atomic E-state index is 12.8. The van der Waals surface area contributed by atoms with E-state index in [1.165, 1.54) is 0 Å². The summed E-state index contributed by atoms with van der Waals surface area (Å²) in [5.41, 5.74) is 2.83. The second kappa shape index (κ2) is 8.50. The highest BCUT2D eigenvalue weighted by Gasteiger charge is 2.17. The molecule has 0 bridgehead atoms. The SMILES string of the molecule is CCn1c(=O)sc2cc(S(=O)(=O)NCc3ccc(N4CCN(C)CC4)cc3)ccc21. The molecule has 3 aromatic rings. The number of anilines is 1. The van der Waals surface area contributed by atoms with Crippen molar-refractivity contribution < 1.29 is 8.42 Å². The van der Waals surface area contributed by atoms with E-state index in [1.54, 1.807) is 22.8 Å². The lowest BCUT2D eigenvalue weighted by molar-refractivity contribution is 0.313. The van der Waals surface area contributed by atoms with Gasteiger partial charge in [-0.2, -0.15) is 0 Å². The first-order chi connectivity index (χ1) is 14.4. The highest BCUT2D eigenvalue weighted by Crippen LogP contribution is 2.22. The number of benzene rings is 2. The van der Waals surface area contributed by atoms with Crippen molar-refractivity contribution in [1.82, 2.24) is 14.2 Å². The summed E-state index contributed by atoms with van der Waals surface area (Å²) in [6, 6.07) is 12.9. The van der Waals surface area contributed by atoms with Crippen LogP contribution in [0.1, 0.15) is 12.5 Å². The van der Waals surface area contributed by atoms with Crippen LogP contribution in [-0.4, -0.2) is 51.1 Å². The Bertz CT molecular complexity index is 1190. The summed E-state index contributed by atoms with van der Waals surface area (Å²) in [7, 11) is -1.54. The van der Waals surface area contributed by atoms with Crippen molar-refractivity contribution in [3.63, 3.8) is 0 Å². The van der Waals surface area contributed by atoms with Gasteiger partial charge in [0.1, 0.15) is 0 Å². The molecule has 1 aliphatic heterocycles. The molecule has 160 valence electrons. The van der Waals surface area contributed by atoms with E-state index in [2.05, 4.69) is 21.6 Å². The van der Waals surface area contributed by atoms with E-state index in [9.17, 15) is 13.2 Å². The monoisotopic (exact) mass is 446 g/mol. The van der Waals surface area contributed by atoms with Gasteiger partial charge in [-0.15, -0.1) is 0 Å². The molecule has 7 nitrogen and oxygen atoms in total. The number of aromatic nitrogens is 1. The van der Waals surface area contributed by atoms with Gasteiger partial charge in [-0.25, -0.2) is 13.1 Å². The number of sulfonamides is 1. The Morgan fingerprint density at radius 3 is 2.40 bits per heavy atom. The molecular weight excluding hydrogens is 420 g/mol. The summed E-state index contributed by atoms with van der Waals surface area (Å²) in [5, 5.41) is 0. The molecule has 0 radical (unpaired) electrons. The van der Waals surface area contributed by atoms with Crippen LogP contribution in [0.25, 0.3) is 10.2 Å². The van der Waals surface area contributed by atoms with E-state index in [0.29, 0.717) is 11.2 Å². The lowest BCUT2D eigenvalue weighted by Crippen LogP contribution is -2.44. The van der Waals surface area contributed by atoms with Gasteiger partial charge in [0.2, 0.25) is 10.0 Å². The van der Waals surface area contributed by atoms with Gasteiger partial charge in [0.15, 0.2) is 0 Å². The minimum atomic E-state index is -3.67. The number of hydrogen-bond acceptors (Lipinski definition) is 6. The Labute approximate surface area is 180 Å². The second-order valence-electron chi connectivity index (χ2n) is 7.52. The minimum absolute atomic E-state index is 0.0737. The number of piperazine rings is 1. The molecule has 0 unspecified atom stereocenters. The molecule has 0 atom stereocenters. The second-order valence-corrected chi connectivity index (χ2v) is 10.3. The molecule has 0 spiro atoms. The molecule has 0 saturated carbocycles. The maximum Gasteiger partial charge on any atom is 0.308 e. The molecule has 2 heterocycles. The predicted molar refractivity (Wildman–Crippen MR) is 122 cm³/mol. The topological polar surface area (TPSA) is 74.6 Å². The smallest absolute Gasteiger partial charge is 0.308 e. The van der Waals surface area contributed by atoms with Crippen LogP contribution in [0.2, 0.25) is 0 Å². The number of hydrogen-bond donors (Lipinski definition) is 1. The molecule has 30 heavy (non-hydrogen) atoms. The Morgan fingerprint density at radius 1 is 1.03 bits per heavy atom. The summed E-state index contributed by atoms with van der Waals surface area (Å²) >= 11 is 1.07. The standard InChI is InChI=1S/C21H26N4O3S2/c1-3-25-19-9-8-18(14-20(19)29-21(25)26)30(27,28)22-15-16-4-6-17(7-5-16)24-12-10-23(2)11-13-24/h4-9,14,22H,3,10-13,15H2,1-2H3. The lowest BCUT2D eigenvalue weighted by Gasteiger charge is -2.34. The van der Waals surface area contributed by atoms with E-state index < -0.39 is 10.0 Å². The molecule has 0 amide bonds. The zero-order chi connectivity index (χ0) is 21.3. The number of aryl methyl sites for hydroxylation is 1. The predicted octanol–water partition coefficient (Wildman–Crippen LogP) is 2.31. The van der Waals surface area contributed by atoms with Crippen LogP contribution >= 0.6 is 11.3 Å². The van der Waals surface area contributed by atoms with Crippen LogP contribution in [0.5, 0.6) is 0 Å². The Kier molecular flexibility index (Phi) is 5.97. The summed E-state index contributed by atoms with van der Waals surface area (Å²) in [4.78, 5) is 16.8. The third-order valence-electron chi connectivity index (χ3n) is 5.54. The fourth-order valence-electron chi connectivity index (χ4n) is 3.66. The summed E-state index contributed by atoms with van der Waals surface area (Å²) in [6.45, 7) is 6.76. The first-order valence-electron chi connectivity index (χ1n) is 10.0. The van der Waals surface area contributed by atoms with Gasteiger partial charge < -0.3 is 9.80 Å². The van der Waals surface area contributed by atoms with Gasteiger partial charge in [-0.3, -0.25) is 9.36 Å². The van der Waals surface area contributed by atoms with E-state index in [-0.39, 0.29) is 16.3 Å². The highest BCUT2D eigenvalue weighted by atomic mass is 32.2. The minimum Gasteiger partial charge on any atom is -0.369 e. The number of nitrogens with zero attached hydrogens (tertiary/aromatic N) is 3. The summed E-state index contributed by atoms with van der Waals surface area (Å²) < 4.78 is 30.5. The van der Waals surface area contributed by atoms with Gasteiger partial charge >= 0.3 is 4.87 Å². The zero-order valence-corrected chi connectivity index (χ0v) is 18.8. The Balaban J connectivity index is 1.45. The molecule has 1 aliphatic rings. The van der Waals surface area contributed by atoms with Crippen LogP contribution in [0.15, 0.2) is 52.2 Å². The van der Waals surface area contributed by atoms with Gasteiger partial charge in [0.25, 0.3) is 0 Å². The van der Waals surface area contributed by atoms with E-state index in [4.69, 9.17) is 0 Å². The van der Waals surface area contributed by atoms with Crippen molar-refractivity contribution in [1.29, 1.82) is 0 Å². The number of rotatable bonds is 6. The molecule has 1 N–H and O–H groups in total. The molecular formula is C21H26N4O3S2. The van der Waals surface area contributed by atoms with Crippen LogP contribution in [-0.2, 0) is 23.1 Å². The van der Waals surface area contributed by atoms with Gasteiger partial charge in [0.05, 0.1) is 15.1 Å². The third kappa shape index (κ3) is 4.29. The van der Waals surface area contributed by atoms with Crippen molar-refractivity contribution in [2.24, 2.45) is 0 Å². The van der Waals surface area contributed by atoms with Crippen molar-refractivity contribution in [3.8, 4) is 0 Å². The number of likely N-dealkylation sites (N-methyl/N-ethyl adjacent to an activating group) is 1. The van der Waals surface area contributed by atoms with Crippen molar-refractivity contribution in [2.75, 3.05) is 38.1 Å².